The van der Waals surface area contributed by atoms with Crippen molar-refractivity contribution in [2.24, 2.45) is 0 Å². The molecule has 8 heteroatoms. The Balaban J connectivity index is 1.60. The van der Waals surface area contributed by atoms with Crippen molar-refractivity contribution >= 4 is 29.4 Å². The van der Waals surface area contributed by atoms with E-state index in [-0.39, 0.29) is 17.4 Å². The van der Waals surface area contributed by atoms with Gasteiger partial charge in [0.15, 0.2) is 11.5 Å². The molecule has 0 unspecified atom stereocenters. The first-order chi connectivity index (χ1) is 14.9. The third kappa shape index (κ3) is 6.97. The van der Waals surface area contributed by atoms with E-state index in [0.29, 0.717) is 5.56 Å². The van der Waals surface area contributed by atoms with E-state index >= 15 is 0 Å². The second-order valence-electron chi connectivity index (χ2n) is 7.15. The Labute approximate surface area is 185 Å². The van der Waals surface area contributed by atoms with Crippen molar-refractivity contribution in [1.82, 2.24) is 4.90 Å². The predicted molar refractivity (Wildman–Crippen MR) is 121 cm³/mol. The average Bonchev–Trinajstić information content (AvgIpc) is 2.75. The topological polar surface area (TPSA) is 50.8 Å². The molecule has 0 aliphatic carbocycles. The molecule has 1 heterocycles. The van der Waals surface area contributed by atoms with Gasteiger partial charge in [-0.3, -0.25) is 9.69 Å². The molecule has 1 aliphatic rings. The maximum atomic E-state index is 12.4. The Morgan fingerprint density at radius 3 is 2.65 bits per heavy atom. The summed E-state index contributed by atoms with van der Waals surface area (Å²) in [4.78, 5) is 14.8. The van der Waals surface area contributed by atoms with E-state index in [9.17, 15) is 13.6 Å². The molecule has 2 aromatic rings. The summed E-state index contributed by atoms with van der Waals surface area (Å²) < 4.78 is 34.3. The summed E-state index contributed by atoms with van der Waals surface area (Å²) >= 11 is 1.99. The first-order valence-corrected chi connectivity index (χ1v) is 11.1. The van der Waals surface area contributed by atoms with Crippen molar-refractivity contribution in [1.29, 1.82) is 0 Å². The highest BCUT2D eigenvalue weighted by atomic mass is 32.2. The monoisotopic (exact) mass is 448 g/mol. The number of thioether (sulfide) groups is 1. The van der Waals surface area contributed by atoms with Crippen LogP contribution in [0, 0.1) is 6.92 Å². The lowest BCUT2D eigenvalue weighted by molar-refractivity contribution is -0.111. The molecule has 0 bridgehead atoms. The van der Waals surface area contributed by atoms with Gasteiger partial charge >= 0.3 is 6.61 Å². The van der Waals surface area contributed by atoms with Crippen molar-refractivity contribution in [2.45, 2.75) is 20.1 Å². The fourth-order valence-electron chi connectivity index (χ4n) is 3.31. The quantitative estimate of drug-likeness (QED) is 0.588. The maximum absolute atomic E-state index is 12.4. The number of halogens is 2. The second-order valence-corrected chi connectivity index (χ2v) is 8.37. The molecular weight excluding hydrogens is 422 g/mol. The molecule has 0 radical (unpaired) electrons. The number of methoxy groups -OCH3 is 1. The first kappa shape index (κ1) is 23.1. The summed E-state index contributed by atoms with van der Waals surface area (Å²) in [6.07, 6.45) is 2.98. The number of anilines is 1. The zero-order valence-electron chi connectivity index (χ0n) is 17.6. The van der Waals surface area contributed by atoms with Crippen molar-refractivity contribution < 1.29 is 23.0 Å². The summed E-state index contributed by atoms with van der Waals surface area (Å²) in [6.45, 7) is 2.17. The SMILES string of the molecule is COc1cc(/C=C/C(=O)Nc2ccc(CN3CCSCC3)cc2C)ccc1OC(F)F. The highest BCUT2D eigenvalue weighted by molar-refractivity contribution is 7.99. The standard InChI is InChI=1S/C23H26F2N2O3S/c1-16-13-18(15-27-9-11-31-12-10-27)3-6-19(16)26-22(28)8-5-17-4-7-20(30-23(24)25)21(14-17)29-2/h3-8,13-14,23H,9-12,15H2,1-2H3,(H,26,28)/b8-5+. The van der Waals surface area contributed by atoms with Gasteiger partial charge < -0.3 is 14.8 Å². The number of hydrogen-bond acceptors (Lipinski definition) is 5. The van der Waals surface area contributed by atoms with E-state index in [0.717, 1.165) is 30.9 Å². The van der Waals surface area contributed by atoms with E-state index in [2.05, 4.69) is 21.0 Å². The zero-order valence-corrected chi connectivity index (χ0v) is 18.4. The number of alkyl halides is 2. The van der Waals surface area contributed by atoms with Gasteiger partial charge in [-0.2, -0.15) is 20.5 Å². The van der Waals surface area contributed by atoms with E-state index in [1.54, 1.807) is 12.1 Å². The van der Waals surface area contributed by atoms with Crippen molar-refractivity contribution in [3.8, 4) is 11.5 Å². The van der Waals surface area contributed by atoms with Crippen LogP contribution in [0.5, 0.6) is 11.5 Å². The Morgan fingerprint density at radius 1 is 1.19 bits per heavy atom. The number of ether oxygens (including phenoxy) is 2. The zero-order chi connectivity index (χ0) is 22.2. The smallest absolute Gasteiger partial charge is 0.387 e. The van der Waals surface area contributed by atoms with Crippen LogP contribution in [0.3, 0.4) is 0 Å². The van der Waals surface area contributed by atoms with Crippen molar-refractivity contribution in [2.75, 3.05) is 37.0 Å². The number of aryl methyl sites for hydroxylation is 1. The summed E-state index contributed by atoms with van der Waals surface area (Å²) in [6, 6.07) is 10.6. The van der Waals surface area contributed by atoms with Gasteiger partial charge in [0, 0.05) is 42.9 Å². The minimum absolute atomic E-state index is 0.0573. The molecule has 1 fully saturated rings. The Kier molecular flexibility index (Phi) is 8.31. The molecule has 31 heavy (non-hydrogen) atoms. The Bertz CT molecular complexity index is 931. The van der Waals surface area contributed by atoms with Crippen LogP contribution in [0.15, 0.2) is 42.5 Å². The number of carbonyl (C=O) groups excluding carboxylic acids is 1. The minimum Gasteiger partial charge on any atom is -0.493 e. The van der Waals surface area contributed by atoms with Crippen LogP contribution in [0.4, 0.5) is 14.5 Å². The number of nitrogens with one attached hydrogen (secondary N) is 1. The van der Waals surface area contributed by atoms with Gasteiger partial charge in [-0.05, 0) is 47.9 Å². The number of rotatable bonds is 8. The van der Waals surface area contributed by atoms with Gasteiger partial charge in [-0.1, -0.05) is 18.2 Å². The van der Waals surface area contributed by atoms with Crippen LogP contribution in [-0.4, -0.2) is 49.1 Å². The minimum atomic E-state index is -2.94. The number of hydrogen-bond donors (Lipinski definition) is 1. The maximum Gasteiger partial charge on any atom is 0.387 e. The predicted octanol–water partition coefficient (Wildman–Crippen LogP) is 4.81. The molecule has 0 aromatic heterocycles. The third-order valence-electron chi connectivity index (χ3n) is 4.89. The second kappa shape index (κ2) is 11.2. The van der Waals surface area contributed by atoms with Gasteiger partial charge in [-0.15, -0.1) is 0 Å². The van der Waals surface area contributed by atoms with E-state index in [4.69, 9.17) is 4.74 Å². The van der Waals surface area contributed by atoms with Crippen molar-refractivity contribution in [3.05, 3.63) is 59.2 Å². The number of benzene rings is 2. The number of nitrogens with zero attached hydrogens (tertiary/aromatic N) is 1. The van der Waals surface area contributed by atoms with Crippen LogP contribution in [-0.2, 0) is 11.3 Å². The van der Waals surface area contributed by atoms with E-state index in [1.165, 1.54) is 42.4 Å². The molecule has 0 atom stereocenters. The van der Waals surface area contributed by atoms with Gasteiger partial charge in [0.2, 0.25) is 5.91 Å². The largest absolute Gasteiger partial charge is 0.493 e. The number of amides is 1. The highest BCUT2D eigenvalue weighted by Crippen LogP contribution is 2.30. The van der Waals surface area contributed by atoms with Gasteiger partial charge in [0.1, 0.15) is 0 Å². The Morgan fingerprint density at radius 2 is 1.97 bits per heavy atom. The molecule has 5 nitrogen and oxygen atoms in total. The highest BCUT2D eigenvalue weighted by Gasteiger charge is 2.12. The van der Waals surface area contributed by atoms with E-state index < -0.39 is 6.61 Å². The molecule has 0 spiro atoms. The molecule has 3 rings (SSSR count). The van der Waals surface area contributed by atoms with Gasteiger partial charge in [0.05, 0.1) is 7.11 Å². The van der Waals surface area contributed by atoms with Gasteiger partial charge in [0.25, 0.3) is 0 Å². The molecule has 1 amide bonds. The van der Waals surface area contributed by atoms with Crippen LogP contribution >= 0.6 is 11.8 Å². The summed E-state index contributed by atoms with van der Waals surface area (Å²) in [5, 5.41) is 2.88. The van der Waals surface area contributed by atoms with Crippen LogP contribution in [0.1, 0.15) is 16.7 Å². The third-order valence-corrected chi connectivity index (χ3v) is 5.83. The Hall–Kier alpha value is -2.58. The summed E-state index contributed by atoms with van der Waals surface area (Å²) in [5.74, 6) is 2.18. The lowest BCUT2D eigenvalue weighted by Gasteiger charge is -2.26. The van der Waals surface area contributed by atoms with Crippen molar-refractivity contribution in [3.63, 3.8) is 0 Å². The molecule has 0 saturated carbocycles. The number of carbonyl (C=O) groups is 1. The van der Waals surface area contributed by atoms with Crippen LogP contribution in [0.25, 0.3) is 6.08 Å². The lowest BCUT2D eigenvalue weighted by atomic mass is 10.1. The van der Waals surface area contributed by atoms with Gasteiger partial charge in [-0.25, -0.2) is 0 Å². The fourth-order valence-corrected chi connectivity index (χ4v) is 4.29. The van der Waals surface area contributed by atoms with E-state index in [1.807, 2.05) is 30.8 Å². The molecular formula is C23H26F2N2O3S. The first-order valence-electron chi connectivity index (χ1n) is 9.96. The van der Waals surface area contributed by atoms with Crippen LogP contribution in [0.2, 0.25) is 0 Å². The normalized spacial score (nSPS) is 14.7. The molecule has 1 saturated heterocycles. The summed E-state index contributed by atoms with van der Waals surface area (Å²) in [5.41, 5.74) is 3.61. The molecule has 166 valence electrons. The summed E-state index contributed by atoms with van der Waals surface area (Å²) in [7, 11) is 1.37. The van der Waals surface area contributed by atoms with Crippen LogP contribution < -0.4 is 14.8 Å². The molecule has 1 N–H and O–H groups in total. The molecule has 1 aliphatic heterocycles. The average molecular weight is 449 g/mol. The lowest BCUT2D eigenvalue weighted by Crippen LogP contribution is -2.31. The fraction of sp³-hybridized carbons (Fsp3) is 0.348. The molecule has 2 aromatic carbocycles.